The number of aliphatic hydroxyl groups is 2. The number of quaternary nitrogens is 2. The van der Waals surface area contributed by atoms with Crippen LogP contribution in [0, 0.1) is 0 Å². The third kappa shape index (κ3) is 12.6. The van der Waals surface area contributed by atoms with Crippen LogP contribution in [0.3, 0.4) is 0 Å². The lowest BCUT2D eigenvalue weighted by Gasteiger charge is -2.36. The van der Waals surface area contributed by atoms with Crippen LogP contribution in [0.4, 0.5) is 0 Å². The molecule has 0 fully saturated rings. The van der Waals surface area contributed by atoms with Crippen LogP contribution in [-0.4, -0.2) is 111 Å². The number of hydrogen-bond donors (Lipinski definition) is 4. The highest BCUT2D eigenvalue weighted by Gasteiger charge is 2.30. The molecular weight excluding hydrogens is 360 g/mol. The molecule has 0 heterocycles. The lowest BCUT2D eigenvalue weighted by Crippen LogP contribution is -2.55. The van der Waals surface area contributed by atoms with E-state index in [1.165, 1.54) is 12.2 Å². The first kappa shape index (κ1) is 26.3. The Balaban J connectivity index is 4.29. The Labute approximate surface area is 169 Å². The molecule has 0 spiro atoms. The molecule has 8 heteroatoms. The maximum absolute atomic E-state index is 11.1. The summed E-state index contributed by atoms with van der Waals surface area (Å²) in [5.74, 6) is -0.380. The van der Waals surface area contributed by atoms with Gasteiger partial charge < -0.3 is 29.8 Å². The van der Waals surface area contributed by atoms with Gasteiger partial charge in [-0.05, 0) is 12.2 Å². The molecule has 0 aliphatic rings. The van der Waals surface area contributed by atoms with E-state index < -0.39 is 12.2 Å². The van der Waals surface area contributed by atoms with Crippen LogP contribution in [0.1, 0.15) is 12.8 Å². The smallest absolute Gasteiger partial charge is 0.243 e. The zero-order chi connectivity index (χ0) is 21.8. The van der Waals surface area contributed by atoms with E-state index in [9.17, 15) is 19.8 Å². The Morgan fingerprint density at radius 2 is 1.14 bits per heavy atom. The molecule has 8 nitrogen and oxygen atoms in total. The number of rotatable bonds is 15. The fourth-order valence-corrected chi connectivity index (χ4v) is 3.02. The minimum Gasteiger partial charge on any atom is -0.384 e. The molecule has 4 N–H and O–H groups in total. The molecule has 0 radical (unpaired) electrons. The summed E-state index contributed by atoms with van der Waals surface area (Å²) < 4.78 is 1.09. The van der Waals surface area contributed by atoms with Crippen LogP contribution in [-0.2, 0) is 9.59 Å². The summed E-state index contributed by atoms with van der Waals surface area (Å²) in [5, 5.41) is 26.4. The number of hydrogen-bond acceptors (Lipinski definition) is 4. The molecule has 0 aliphatic heterocycles. The van der Waals surface area contributed by atoms with Crippen LogP contribution >= 0.6 is 0 Å². The number of carbonyl (C=O) groups is 2. The second kappa shape index (κ2) is 12.7. The van der Waals surface area contributed by atoms with E-state index in [4.69, 9.17) is 0 Å². The molecule has 0 aromatic carbocycles. The van der Waals surface area contributed by atoms with Crippen LogP contribution in [0.5, 0.6) is 0 Å². The van der Waals surface area contributed by atoms with Crippen molar-refractivity contribution >= 4 is 11.8 Å². The van der Waals surface area contributed by atoms with Crippen molar-refractivity contribution in [2.24, 2.45) is 0 Å². The van der Waals surface area contributed by atoms with E-state index in [-0.39, 0.29) is 11.8 Å². The zero-order valence-electron chi connectivity index (χ0n) is 18.0. The molecule has 0 aliphatic carbocycles. The molecule has 0 saturated heterocycles. The van der Waals surface area contributed by atoms with Crippen molar-refractivity contribution in [2.75, 3.05) is 67.5 Å². The van der Waals surface area contributed by atoms with Crippen molar-refractivity contribution in [3.63, 3.8) is 0 Å². The Hall–Kier alpha value is -1.74. The van der Waals surface area contributed by atoms with E-state index in [1.54, 1.807) is 0 Å². The molecule has 2 atom stereocenters. The number of nitrogens with zero attached hydrogens (tertiary/aromatic N) is 2. The van der Waals surface area contributed by atoms with Gasteiger partial charge in [0.05, 0.1) is 41.3 Å². The van der Waals surface area contributed by atoms with E-state index in [0.717, 1.165) is 25.9 Å². The zero-order valence-corrected chi connectivity index (χ0v) is 18.0. The van der Waals surface area contributed by atoms with Gasteiger partial charge in [-0.3, -0.25) is 9.59 Å². The molecule has 2 amide bonds. The van der Waals surface area contributed by atoms with E-state index >= 15 is 0 Å². The molecule has 28 heavy (non-hydrogen) atoms. The van der Waals surface area contributed by atoms with Gasteiger partial charge in [-0.2, -0.15) is 0 Å². The largest absolute Gasteiger partial charge is 0.384 e. The molecule has 0 aromatic rings. The number of nitrogens with one attached hydrogen (secondary N) is 2. The third-order valence-electron chi connectivity index (χ3n) is 4.66. The van der Waals surface area contributed by atoms with Gasteiger partial charge in [0, 0.05) is 25.9 Å². The summed E-state index contributed by atoms with van der Waals surface area (Å²) in [7, 11) is 7.97. The minimum absolute atomic E-state index is 0.190. The number of carbonyl (C=O) groups excluding carboxylic acids is 2. The average Bonchev–Trinajstić information content (AvgIpc) is 2.61. The van der Waals surface area contributed by atoms with Crippen LogP contribution < -0.4 is 10.6 Å². The Morgan fingerprint density at radius 1 is 0.821 bits per heavy atom. The normalized spacial score (nSPS) is 14.1. The molecular formula is C20H40N4O4+2. The van der Waals surface area contributed by atoms with Gasteiger partial charge in [0.15, 0.2) is 0 Å². The van der Waals surface area contributed by atoms with Crippen molar-refractivity contribution in [2.45, 2.75) is 25.0 Å². The van der Waals surface area contributed by atoms with E-state index in [1.807, 2.05) is 28.2 Å². The first-order chi connectivity index (χ1) is 12.9. The van der Waals surface area contributed by atoms with Gasteiger partial charge in [-0.15, -0.1) is 0 Å². The van der Waals surface area contributed by atoms with Gasteiger partial charge in [0.25, 0.3) is 0 Å². The highest BCUT2D eigenvalue weighted by atomic mass is 16.3. The lowest BCUT2D eigenvalue weighted by atomic mass is 10.1. The Bertz CT molecular complexity index is 474. The van der Waals surface area contributed by atoms with Crippen molar-refractivity contribution in [1.82, 2.24) is 10.6 Å². The number of likely N-dealkylation sites (N-methyl/N-ethyl adjacent to an activating group) is 2. The van der Waals surface area contributed by atoms with Crippen molar-refractivity contribution in [3.8, 4) is 0 Å². The minimum atomic E-state index is -0.837. The maximum Gasteiger partial charge on any atom is 0.243 e. The summed E-state index contributed by atoms with van der Waals surface area (Å²) in [6.07, 6.45) is 2.35. The quantitative estimate of drug-likeness (QED) is 0.165. The SMILES string of the molecule is C=CC(=O)NCCC[N+](C)(C)CC(O)C(O)C[N+](C)(C)CCCNC(=O)C=C. The van der Waals surface area contributed by atoms with E-state index in [0.29, 0.717) is 35.1 Å². The highest BCUT2D eigenvalue weighted by molar-refractivity contribution is 5.87. The van der Waals surface area contributed by atoms with Crippen LogP contribution in [0.25, 0.3) is 0 Å². The fraction of sp³-hybridized carbons (Fsp3) is 0.700. The summed E-state index contributed by atoms with van der Waals surface area (Å²) >= 11 is 0. The Morgan fingerprint density at radius 3 is 1.43 bits per heavy atom. The average molecular weight is 401 g/mol. The summed E-state index contributed by atoms with van der Waals surface area (Å²) in [4.78, 5) is 22.3. The van der Waals surface area contributed by atoms with Crippen LogP contribution in [0.15, 0.2) is 25.3 Å². The topological polar surface area (TPSA) is 98.7 Å². The van der Waals surface area contributed by atoms with Gasteiger partial charge in [0.1, 0.15) is 25.3 Å². The lowest BCUT2D eigenvalue weighted by molar-refractivity contribution is -0.902. The highest BCUT2D eigenvalue weighted by Crippen LogP contribution is 2.09. The second-order valence-corrected chi connectivity index (χ2v) is 8.52. The summed E-state index contributed by atoms with van der Waals surface area (Å²) in [6.45, 7) is 10.3. The predicted octanol–water partition coefficient (Wildman–Crippen LogP) is -0.754. The number of amides is 2. The number of aliphatic hydroxyl groups excluding tert-OH is 2. The monoisotopic (exact) mass is 400 g/mol. The van der Waals surface area contributed by atoms with E-state index in [2.05, 4.69) is 23.8 Å². The van der Waals surface area contributed by atoms with Crippen molar-refractivity contribution in [1.29, 1.82) is 0 Å². The van der Waals surface area contributed by atoms with Crippen molar-refractivity contribution < 1.29 is 28.8 Å². The Kier molecular flexibility index (Phi) is 11.9. The fourth-order valence-electron chi connectivity index (χ4n) is 3.02. The summed E-state index contributed by atoms with van der Waals surface area (Å²) in [5.41, 5.74) is 0. The van der Waals surface area contributed by atoms with Crippen LogP contribution in [0.2, 0.25) is 0 Å². The van der Waals surface area contributed by atoms with Gasteiger partial charge >= 0.3 is 0 Å². The predicted molar refractivity (Wildman–Crippen MR) is 111 cm³/mol. The molecule has 0 bridgehead atoms. The standard InChI is InChI=1S/C20H38N4O4/c1-7-19(27)21-11-9-13-23(3,4)15-17(25)18(26)16-24(5,6)14-10-12-22-20(28)8-2/h7-8,17-18,25-26H,1-2,9-16H2,3-6H3/p+2. The molecule has 0 saturated carbocycles. The summed E-state index contributed by atoms with van der Waals surface area (Å²) in [6, 6.07) is 0. The second-order valence-electron chi connectivity index (χ2n) is 8.52. The molecule has 0 aromatic heterocycles. The maximum atomic E-state index is 11.1. The van der Waals surface area contributed by atoms with Crippen molar-refractivity contribution in [3.05, 3.63) is 25.3 Å². The van der Waals surface area contributed by atoms with Gasteiger partial charge in [-0.25, -0.2) is 0 Å². The van der Waals surface area contributed by atoms with Gasteiger partial charge in [-0.1, -0.05) is 13.2 Å². The molecule has 162 valence electrons. The van der Waals surface area contributed by atoms with Gasteiger partial charge in [0.2, 0.25) is 11.8 Å². The first-order valence-corrected chi connectivity index (χ1v) is 9.73. The molecule has 0 rings (SSSR count). The third-order valence-corrected chi connectivity index (χ3v) is 4.66. The molecule has 2 unspecified atom stereocenters. The first-order valence-electron chi connectivity index (χ1n) is 9.73.